The molecule has 11 heavy (non-hydrogen) atoms. The highest BCUT2D eigenvalue weighted by atomic mass is 14.7. The lowest BCUT2D eigenvalue weighted by molar-refractivity contribution is 1.34. The molecule has 1 aromatic rings. The molecule has 0 aliphatic rings. The molecule has 0 aliphatic carbocycles. The molecular weight excluding hydrogens is 134 g/mol. The maximum atomic E-state index is 3.14. The zero-order valence-electron chi connectivity index (χ0n) is 6.96. The fourth-order valence-electron chi connectivity index (χ4n) is 0.906. The Morgan fingerprint density at radius 2 is 2.36 bits per heavy atom. The molecule has 0 bridgehead atoms. The van der Waals surface area contributed by atoms with Crippen LogP contribution in [0.4, 0.5) is 0 Å². The predicted molar refractivity (Wildman–Crippen MR) is 49.3 cm³/mol. The van der Waals surface area contributed by atoms with Crippen molar-refractivity contribution in [2.24, 2.45) is 0 Å². The van der Waals surface area contributed by atoms with Crippen molar-refractivity contribution in [2.45, 2.75) is 13.8 Å². The average molecular weight is 147 g/mol. The zero-order chi connectivity index (χ0) is 8.10. The Morgan fingerprint density at radius 3 is 2.91 bits per heavy atom. The summed E-state index contributed by atoms with van der Waals surface area (Å²) in [7, 11) is 0. The Morgan fingerprint density at radius 1 is 1.55 bits per heavy atom. The highest BCUT2D eigenvalue weighted by Gasteiger charge is 1.91. The van der Waals surface area contributed by atoms with E-state index in [1.807, 2.05) is 31.3 Å². The van der Waals surface area contributed by atoms with Crippen LogP contribution in [0.1, 0.15) is 19.5 Å². The van der Waals surface area contributed by atoms with Gasteiger partial charge in [-0.05, 0) is 31.6 Å². The van der Waals surface area contributed by atoms with E-state index in [4.69, 9.17) is 0 Å². The summed E-state index contributed by atoms with van der Waals surface area (Å²) >= 11 is 0. The summed E-state index contributed by atoms with van der Waals surface area (Å²) in [4.78, 5) is 3.14. The van der Waals surface area contributed by atoms with E-state index in [1.165, 1.54) is 11.3 Å². The first-order valence-corrected chi connectivity index (χ1v) is 3.78. The highest BCUT2D eigenvalue weighted by Crippen LogP contribution is 2.09. The number of H-pyrrole nitrogens is 1. The van der Waals surface area contributed by atoms with E-state index in [0.717, 1.165) is 0 Å². The van der Waals surface area contributed by atoms with Gasteiger partial charge in [0.15, 0.2) is 0 Å². The van der Waals surface area contributed by atoms with Gasteiger partial charge >= 0.3 is 0 Å². The summed E-state index contributed by atoms with van der Waals surface area (Å²) in [6, 6.07) is 4.07. The minimum Gasteiger partial charge on any atom is -0.361 e. The molecule has 1 N–H and O–H groups in total. The standard InChI is InChI=1S/C10H13N/c1-3-4-6-9(2)10-7-5-8-11-10/h3-8,11H,1-2H3/b4-3-,9-6+. The third-order valence-corrected chi connectivity index (χ3v) is 1.56. The molecule has 0 unspecified atom stereocenters. The molecule has 0 atom stereocenters. The van der Waals surface area contributed by atoms with Crippen molar-refractivity contribution >= 4 is 5.57 Å². The number of nitrogens with one attached hydrogen (secondary N) is 1. The van der Waals surface area contributed by atoms with Crippen molar-refractivity contribution in [3.8, 4) is 0 Å². The number of hydrogen-bond acceptors (Lipinski definition) is 0. The molecule has 1 heterocycles. The molecule has 1 rings (SSSR count). The summed E-state index contributed by atoms with van der Waals surface area (Å²) in [5.41, 5.74) is 2.44. The van der Waals surface area contributed by atoms with Crippen LogP contribution in [-0.4, -0.2) is 4.98 Å². The van der Waals surface area contributed by atoms with E-state index in [9.17, 15) is 0 Å². The molecule has 1 nitrogen and oxygen atoms in total. The number of rotatable bonds is 2. The molecule has 58 valence electrons. The van der Waals surface area contributed by atoms with Gasteiger partial charge in [-0.25, -0.2) is 0 Å². The van der Waals surface area contributed by atoms with Crippen LogP contribution in [0.25, 0.3) is 5.57 Å². The predicted octanol–water partition coefficient (Wildman–Crippen LogP) is 2.99. The molecule has 1 aromatic heterocycles. The Kier molecular flexibility index (Phi) is 2.73. The minimum atomic E-state index is 1.18. The van der Waals surface area contributed by atoms with E-state index < -0.39 is 0 Å². The normalized spacial score (nSPS) is 12.7. The van der Waals surface area contributed by atoms with E-state index in [2.05, 4.69) is 24.1 Å². The molecular formula is C10H13N. The molecule has 0 radical (unpaired) electrons. The van der Waals surface area contributed by atoms with Gasteiger partial charge in [0.05, 0.1) is 0 Å². The van der Waals surface area contributed by atoms with Gasteiger partial charge in [0, 0.05) is 11.9 Å². The van der Waals surface area contributed by atoms with Crippen molar-refractivity contribution in [3.63, 3.8) is 0 Å². The van der Waals surface area contributed by atoms with Crippen LogP contribution in [0, 0.1) is 0 Å². The van der Waals surface area contributed by atoms with Crippen LogP contribution in [0.2, 0.25) is 0 Å². The molecule has 0 fully saturated rings. The van der Waals surface area contributed by atoms with Crippen LogP contribution in [0.15, 0.2) is 36.6 Å². The molecule has 0 spiro atoms. The second-order valence-corrected chi connectivity index (χ2v) is 2.46. The van der Waals surface area contributed by atoms with Crippen molar-refractivity contribution in [1.82, 2.24) is 4.98 Å². The van der Waals surface area contributed by atoms with Gasteiger partial charge < -0.3 is 4.98 Å². The second-order valence-electron chi connectivity index (χ2n) is 2.46. The summed E-state index contributed by atoms with van der Waals surface area (Å²) in [6.07, 6.45) is 8.08. The van der Waals surface area contributed by atoms with Crippen LogP contribution in [-0.2, 0) is 0 Å². The maximum absolute atomic E-state index is 3.14. The first-order valence-electron chi connectivity index (χ1n) is 3.78. The highest BCUT2D eigenvalue weighted by molar-refractivity contribution is 5.62. The zero-order valence-corrected chi connectivity index (χ0v) is 6.96. The summed E-state index contributed by atoms with van der Waals surface area (Å²) in [6.45, 7) is 4.10. The van der Waals surface area contributed by atoms with E-state index in [1.54, 1.807) is 0 Å². The summed E-state index contributed by atoms with van der Waals surface area (Å²) < 4.78 is 0. The molecule has 1 heteroatoms. The van der Waals surface area contributed by atoms with Crippen LogP contribution >= 0.6 is 0 Å². The Bertz CT molecular complexity index is 252. The summed E-state index contributed by atoms with van der Waals surface area (Å²) in [5, 5.41) is 0. The first kappa shape index (κ1) is 7.86. The van der Waals surface area contributed by atoms with Crippen molar-refractivity contribution in [2.75, 3.05) is 0 Å². The van der Waals surface area contributed by atoms with Gasteiger partial charge in [-0.2, -0.15) is 0 Å². The molecule has 0 aliphatic heterocycles. The van der Waals surface area contributed by atoms with Gasteiger partial charge in [0.25, 0.3) is 0 Å². The second kappa shape index (κ2) is 3.81. The third-order valence-electron chi connectivity index (χ3n) is 1.56. The van der Waals surface area contributed by atoms with Crippen molar-refractivity contribution in [1.29, 1.82) is 0 Å². The fourth-order valence-corrected chi connectivity index (χ4v) is 0.906. The fraction of sp³-hybridized carbons (Fsp3) is 0.200. The molecule has 0 saturated carbocycles. The van der Waals surface area contributed by atoms with Crippen LogP contribution in [0.3, 0.4) is 0 Å². The quantitative estimate of drug-likeness (QED) is 0.619. The van der Waals surface area contributed by atoms with Crippen molar-refractivity contribution in [3.05, 3.63) is 42.3 Å². The largest absolute Gasteiger partial charge is 0.361 e. The van der Waals surface area contributed by atoms with Crippen molar-refractivity contribution < 1.29 is 0 Å². The van der Waals surface area contributed by atoms with Gasteiger partial charge in [0.1, 0.15) is 0 Å². The summed E-state index contributed by atoms with van der Waals surface area (Å²) in [5.74, 6) is 0. The van der Waals surface area contributed by atoms with Gasteiger partial charge in [-0.15, -0.1) is 0 Å². The number of aromatic amines is 1. The molecule has 0 saturated heterocycles. The lowest BCUT2D eigenvalue weighted by Crippen LogP contribution is -1.75. The van der Waals surface area contributed by atoms with Gasteiger partial charge in [-0.1, -0.05) is 18.2 Å². The Hall–Kier alpha value is -1.24. The van der Waals surface area contributed by atoms with Gasteiger partial charge in [0.2, 0.25) is 0 Å². The van der Waals surface area contributed by atoms with E-state index in [-0.39, 0.29) is 0 Å². The Balaban J connectivity index is 2.77. The van der Waals surface area contributed by atoms with E-state index in [0.29, 0.717) is 0 Å². The molecule has 0 amide bonds. The lowest BCUT2D eigenvalue weighted by Gasteiger charge is -1.92. The van der Waals surface area contributed by atoms with Crippen LogP contribution in [0.5, 0.6) is 0 Å². The lowest BCUT2D eigenvalue weighted by atomic mass is 10.2. The smallest absolute Gasteiger partial charge is 0.0409 e. The monoisotopic (exact) mass is 147 g/mol. The van der Waals surface area contributed by atoms with E-state index >= 15 is 0 Å². The number of hydrogen-bond donors (Lipinski definition) is 1. The Labute approximate surface area is 67.5 Å². The number of allylic oxidation sites excluding steroid dienone is 4. The maximum Gasteiger partial charge on any atom is 0.0409 e. The SMILES string of the molecule is C/C=C\C=C(/C)c1ccc[nH]1. The number of aromatic nitrogens is 1. The average Bonchev–Trinajstić information content (AvgIpc) is 2.52. The molecule has 0 aromatic carbocycles. The van der Waals surface area contributed by atoms with Crippen LogP contribution < -0.4 is 0 Å². The first-order chi connectivity index (χ1) is 5.34. The topological polar surface area (TPSA) is 15.8 Å². The van der Waals surface area contributed by atoms with Gasteiger partial charge in [-0.3, -0.25) is 0 Å². The minimum absolute atomic E-state index is 1.18. The third kappa shape index (κ3) is 2.11.